The molecule has 1 aliphatic heterocycles. The minimum atomic E-state index is 0.662. The van der Waals surface area contributed by atoms with Gasteiger partial charge in [-0.3, -0.25) is 9.58 Å². The Morgan fingerprint density at radius 1 is 1.29 bits per heavy atom. The summed E-state index contributed by atoms with van der Waals surface area (Å²) < 4.78 is 2.13. The monoisotopic (exact) mass is 286 g/mol. The molecule has 0 aliphatic carbocycles. The van der Waals surface area contributed by atoms with Gasteiger partial charge in [-0.1, -0.05) is 25.1 Å². The van der Waals surface area contributed by atoms with Crippen molar-refractivity contribution >= 4 is 10.9 Å². The molecule has 21 heavy (non-hydrogen) atoms. The fraction of sp³-hybridized carbons (Fsp3) is 0.588. The van der Waals surface area contributed by atoms with E-state index in [9.17, 15) is 0 Å². The van der Waals surface area contributed by atoms with E-state index in [1.807, 2.05) is 0 Å². The van der Waals surface area contributed by atoms with Crippen LogP contribution in [0.5, 0.6) is 0 Å². The van der Waals surface area contributed by atoms with Crippen molar-refractivity contribution in [1.82, 2.24) is 20.0 Å². The molecule has 114 valence electrons. The number of fused-ring (bicyclic) bond motifs is 1. The van der Waals surface area contributed by atoms with Gasteiger partial charge < -0.3 is 5.32 Å². The Kier molecular flexibility index (Phi) is 4.56. The van der Waals surface area contributed by atoms with Crippen LogP contribution in [0.1, 0.15) is 32.4 Å². The fourth-order valence-corrected chi connectivity index (χ4v) is 3.39. The zero-order valence-corrected chi connectivity index (χ0v) is 13.2. The molecule has 2 aromatic rings. The molecule has 4 heteroatoms. The van der Waals surface area contributed by atoms with Gasteiger partial charge >= 0.3 is 0 Å². The minimum absolute atomic E-state index is 0.662. The van der Waals surface area contributed by atoms with Crippen LogP contribution in [0.25, 0.3) is 10.9 Å². The summed E-state index contributed by atoms with van der Waals surface area (Å²) in [6.45, 7) is 9.59. The summed E-state index contributed by atoms with van der Waals surface area (Å²) in [5.41, 5.74) is 2.49. The van der Waals surface area contributed by atoms with E-state index in [2.05, 4.69) is 53.0 Å². The van der Waals surface area contributed by atoms with Crippen molar-refractivity contribution in [2.45, 2.75) is 45.8 Å². The van der Waals surface area contributed by atoms with Crippen LogP contribution < -0.4 is 5.32 Å². The molecule has 1 unspecified atom stereocenters. The van der Waals surface area contributed by atoms with Crippen LogP contribution in [0.15, 0.2) is 24.3 Å². The van der Waals surface area contributed by atoms with Gasteiger partial charge in [-0.05, 0) is 38.9 Å². The molecule has 1 saturated heterocycles. The van der Waals surface area contributed by atoms with E-state index >= 15 is 0 Å². The number of likely N-dealkylation sites (N-methyl/N-ethyl adjacent to an activating group) is 1. The third kappa shape index (κ3) is 2.97. The molecule has 3 rings (SSSR count). The van der Waals surface area contributed by atoms with E-state index in [1.165, 1.54) is 36.0 Å². The molecule has 2 heterocycles. The molecule has 0 bridgehead atoms. The number of para-hydroxylation sites is 1. The van der Waals surface area contributed by atoms with Crippen LogP contribution in [0.3, 0.4) is 0 Å². The summed E-state index contributed by atoms with van der Waals surface area (Å²) >= 11 is 0. The first-order valence-electron chi connectivity index (χ1n) is 8.22. The molecule has 1 fully saturated rings. The van der Waals surface area contributed by atoms with E-state index in [4.69, 9.17) is 5.10 Å². The highest BCUT2D eigenvalue weighted by Gasteiger charge is 2.25. The van der Waals surface area contributed by atoms with Crippen molar-refractivity contribution < 1.29 is 0 Å². The number of rotatable bonds is 6. The lowest BCUT2D eigenvalue weighted by molar-refractivity contribution is 0.237. The molecule has 0 saturated carbocycles. The second-order valence-corrected chi connectivity index (χ2v) is 5.85. The average Bonchev–Trinajstić information content (AvgIpc) is 3.10. The molecule has 0 radical (unpaired) electrons. The van der Waals surface area contributed by atoms with Crippen LogP contribution in [-0.2, 0) is 13.1 Å². The number of nitrogens with one attached hydrogen (secondary N) is 1. The first kappa shape index (κ1) is 14.5. The zero-order chi connectivity index (χ0) is 14.7. The topological polar surface area (TPSA) is 33.1 Å². The molecule has 4 nitrogen and oxygen atoms in total. The highest BCUT2D eigenvalue weighted by molar-refractivity contribution is 5.81. The van der Waals surface area contributed by atoms with Crippen LogP contribution >= 0.6 is 0 Å². The summed E-state index contributed by atoms with van der Waals surface area (Å²) in [7, 11) is 0. The maximum Gasteiger partial charge on any atom is 0.0843 e. The molecular weight excluding hydrogens is 260 g/mol. The van der Waals surface area contributed by atoms with Gasteiger partial charge in [0, 0.05) is 31.1 Å². The van der Waals surface area contributed by atoms with Gasteiger partial charge in [0.15, 0.2) is 0 Å². The van der Waals surface area contributed by atoms with Gasteiger partial charge in [0.2, 0.25) is 0 Å². The first-order chi connectivity index (χ1) is 10.3. The number of hydrogen-bond donors (Lipinski definition) is 1. The van der Waals surface area contributed by atoms with E-state index in [0.29, 0.717) is 6.04 Å². The van der Waals surface area contributed by atoms with Gasteiger partial charge in [0.05, 0.1) is 11.2 Å². The highest BCUT2D eigenvalue weighted by Crippen LogP contribution is 2.24. The number of benzene rings is 1. The Hall–Kier alpha value is -1.39. The van der Waals surface area contributed by atoms with E-state index in [-0.39, 0.29) is 0 Å². The lowest BCUT2D eigenvalue weighted by Gasteiger charge is -2.23. The smallest absolute Gasteiger partial charge is 0.0843 e. The van der Waals surface area contributed by atoms with Crippen molar-refractivity contribution in [2.24, 2.45) is 0 Å². The second kappa shape index (κ2) is 6.58. The van der Waals surface area contributed by atoms with Crippen LogP contribution in [0.2, 0.25) is 0 Å². The van der Waals surface area contributed by atoms with Crippen molar-refractivity contribution in [3.63, 3.8) is 0 Å². The van der Waals surface area contributed by atoms with Crippen LogP contribution in [0, 0.1) is 0 Å². The Morgan fingerprint density at radius 3 is 2.95 bits per heavy atom. The molecule has 1 aromatic carbocycles. The van der Waals surface area contributed by atoms with Crippen molar-refractivity contribution in [3.05, 3.63) is 30.0 Å². The molecule has 0 amide bonds. The third-order valence-electron chi connectivity index (χ3n) is 4.52. The molecule has 1 N–H and O–H groups in total. The predicted molar refractivity (Wildman–Crippen MR) is 87.4 cm³/mol. The lowest BCUT2D eigenvalue weighted by Crippen LogP contribution is -2.37. The zero-order valence-electron chi connectivity index (χ0n) is 13.2. The number of nitrogens with zero attached hydrogens (tertiary/aromatic N) is 3. The number of likely N-dealkylation sites (tertiary alicyclic amines) is 1. The first-order valence-corrected chi connectivity index (χ1v) is 8.22. The molecule has 1 atom stereocenters. The van der Waals surface area contributed by atoms with E-state index in [0.717, 1.165) is 26.2 Å². The Morgan fingerprint density at radius 2 is 2.14 bits per heavy atom. The van der Waals surface area contributed by atoms with Crippen molar-refractivity contribution in [1.29, 1.82) is 0 Å². The van der Waals surface area contributed by atoms with Gasteiger partial charge in [-0.15, -0.1) is 0 Å². The summed E-state index contributed by atoms with van der Waals surface area (Å²) in [6, 6.07) is 9.27. The van der Waals surface area contributed by atoms with Gasteiger partial charge in [0.25, 0.3) is 0 Å². The lowest BCUT2D eigenvalue weighted by atomic mass is 10.2. The maximum atomic E-state index is 4.84. The largest absolute Gasteiger partial charge is 0.315 e. The summed E-state index contributed by atoms with van der Waals surface area (Å²) in [4.78, 5) is 2.59. The summed E-state index contributed by atoms with van der Waals surface area (Å²) in [6.07, 6.45) is 2.61. The number of aromatic nitrogens is 2. The Balaban J connectivity index is 1.81. The summed E-state index contributed by atoms with van der Waals surface area (Å²) in [5, 5.41) is 9.65. The SMILES string of the molecule is CCNCC1CCCN1Cc1nn(CC)c2ccccc12. The quantitative estimate of drug-likeness (QED) is 0.886. The van der Waals surface area contributed by atoms with Crippen molar-refractivity contribution in [3.8, 4) is 0 Å². The van der Waals surface area contributed by atoms with E-state index < -0.39 is 0 Å². The van der Waals surface area contributed by atoms with Gasteiger partial charge in [0.1, 0.15) is 0 Å². The predicted octanol–water partition coefficient (Wildman–Crippen LogP) is 2.63. The normalized spacial score (nSPS) is 19.6. The Labute approximate surface area is 127 Å². The maximum absolute atomic E-state index is 4.84. The Bertz CT molecular complexity index is 589. The average molecular weight is 286 g/mol. The third-order valence-corrected chi connectivity index (χ3v) is 4.52. The number of hydrogen-bond acceptors (Lipinski definition) is 3. The number of aryl methyl sites for hydroxylation is 1. The highest BCUT2D eigenvalue weighted by atomic mass is 15.3. The molecular formula is C17H26N4. The van der Waals surface area contributed by atoms with Gasteiger partial charge in [-0.25, -0.2) is 0 Å². The summed E-state index contributed by atoms with van der Waals surface area (Å²) in [5.74, 6) is 0. The minimum Gasteiger partial charge on any atom is -0.315 e. The van der Waals surface area contributed by atoms with Crippen molar-refractivity contribution in [2.75, 3.05) is 19.6 Å². The standard InChI is InChI=1S/C17H26N4/c1-3-18-12-14-8-7-11-20(14)13-16-15-9-5-6-10-17(15)21(4-2)19-16/h5-6,9-10,14,18H,3-4,7-8,11-13H2,1-2H3. The van der Waals surface area contributed by atoms with Crippen LogP contribution in [-0.4, -0.2) is 40.4 Å². The molecule has 1 aromatic heterocycles. The van der Waals surface area contributed by atoms with Crippen LogP contribution in [0.4, 0.5) is 0 Å². The second-order valence-electron chi connectivity index (χ2n) is 5.85. The fourth-order valence-electron chi connectivity index (χ4n) is 3.39. The van der Waals surface area contributed by atoms with Gasteiger partial charge in [-0.2, -0.15) is 5.10 Å². The molecule has 0 spiro atoms. The van der Waals surface area contributed by atoms with E-state index in [1.54, 1.807) is 0 Å². The molecule has 1 aliphatic rings.